The van der Waals surface area contributed by atoms with Crippen molar-refractivity contribution in [3.8, 4) is 0 Å². The van der Waals surface area contributed by atoms with Crippen molar-refractivity contribution >= 4 is 34.1 Å². The molecule has 3 heteroatoms. The first-order valence-corrected chi connectivity index (χ1v) is 16.5. The van der Waals surface area contributed by atoms with Gasteiger partial charge in [-0.3, -0.25) is 0 Å². The van der Waals surface area contributed by atoms with Crippen LogP contribution >= 0.6 is 0 Å². The third-order valence-electron chi connectivity index (χ3n) is 9.50. The van der Waals surface area contributed by atoms with Crippen molar-refractivity contribution in [1.82, 2.24) is 0 Å². The molecule has 6 rings (SSSR count). The molecule has 0 aliphatic carbocycles. The minimum absolute atomic E-state index is 0.328. The lowest BCUT2D eigenvalue weighted by Crippen LogP contribution is -2.38. The smallest absolute Gasteiger partial charge is 0.0474 e. The minimum Gasteiger partial charge on any atom is -0.341 e. The zero-order chi connectivity index (χ0) is 27.5. The summed E-state index contributed by atoms with van der Waals surface area (Å²) in [4.78, 5) is 8.06. The van der Waals surface area contributed by atoms with Gasteiger partial charge in [-0.15, -0.1) is 0 Å². The molecule has 0 spiro atoms. The lowest BCUT2D eigenvalue weighted by Gasteiger charge is -2.50. The molecule has 0 N–H and O–H groups in total. The Morgan fingerprint density at radius 3 is 0.925 bits per heavy atom. The maximum absolute atomic E-state index is 2.69. The molecule has 3 heterocycles. The summed E-state index contributed by atoms with van der Waals surface area (Å²) >= 11 is 0. The number of hydrogen-bond donors (Lipinski definition) is 0. The van der Waals surface area contributed by atoms with Crippen LogP contribution in [0.5, 0.6) is 0 Å². The van der Waals surface area contributed by atoms with Crippen molar-refractivity contribution in [2.45, 2.75) is 104 Å². The van der Waals surface area contributed by atoms with Crippen molar-refractivity contribution in [3.05, 3.63) is 71.3 Å². The standard InChI is InChI=1S/C37H49N3/c1-4-7-10-13-25-38-28-19-16-21-30-34(28)37-35-29(38)20-17-22-31(35)40(27-15-12-9-6-3)33-24-18-23-32(36(33)37)39(30)26-14-11-8-5-2/h16-24,37H,4-15,25-27H2,1-3H3. The van der Waals surface area contributed by atoms with Crippen LogP contribution in [0.3, 0.4) is 0 Å². The number of hydrogen-bond acceptors (Lipinski definition) is 3. The molecule has 3 aromatic rings. The fourth-order valence-corrected chi connectivity index (χ4v) is 7.56. The van der Waals surface area contributed by atoms with Gasteiger partial charge in [0.1, 0.15) is 0 Å². The van der Waals surface area contributed by atoms with E-state index in [1.807, 2.05) is 0 Å². The topological polar surface area (TPSA) is 9.72 Å². The van der Waals surface area contributed by atoms with E-state index in [1.54, 1.807) is 16.7 Å². The number of unbranched alkanes of at least 4 members (excludes halogenated alkanes) is 9. The Balaban J connectivity index is 1.50. The molecule has 0 unspecified atom stereocenters. The second-order valence-corrected chi connectivity index (χ2v) is 12.2. The zero-order valence-electron chi connectivity index (χ0n) is 25.2. The Kier molecular flexibility index (Phi) is 8.37. The van der Waals surface area contributed by atoms with Crippen LogP contribution in [-0.4, -0.2) is 19.6 Å². The van der Waals surface area contributed by atoms with E-state index in [4.69, 9.17) is 0 Å². The lowest BCUT2D eigenvalue weighted by atomic mass is 9.72. The first kappa shape index (κ1) is 27.2. The molecule has 40 heavy (non-hydrogen) atoms. The van der Waals surface area contributed by atoms with E-state index in [9.17, 15) is 0 Å². The highest BCUT2D eigenvalue weighted by atomic mass is 15.2. The highest BCUT2D eigenvalue weighted by molar-refractivity contribution is 5.97. The molecular formula is C37H49N3. The van der Waals surface area contributed by atoms with Gasteiger partial charge in [-0.25, -0.2) is 0 Å². The summed E-state index contributed by atoms with van der Waals surface area (Å²) < 4.78 is 0. The van der Waals surface area contributed by atoms with Gasteiger partial charge in [0, 0.05) is 76.4 Å². The summed E-state index contributed by atoms with van der Waals surface area (Å²) in [6.45, 7) is 10.2. The SMILES string of the molecule is CCCCCCN1c2cccc3c2C2c4c1cccc4N(CCCCCC)c1cccc(c12)N3CCCCCC. The third kappa shape index (κ3) is 4.70. The molecule has 3 aliphatic heterocycles. The number of rotatable bonds is 15. The summed E-state index contributed by atoms with van der Waals surface area (Å²) in [5, 5.41) is 0. The normalized spacial score (nSPS) is 14.6. The van der Waals surface area contributed by atoms with E-state index < -0.39 is 0 Å². The molecule has 0 fully saturated rings. The van der Waals surface area contributed by atoms with Crippen LogP contribution in [0.25, 0.3) is 0 Å². The maximum Gasteiger partial charge on any atom is 0.0474 e. The molecule has 0 saturated carbocycles. The van der Waals surface area contributed by atoms with Gasteiger partial charge in [-0.05, 0) is 55.7 Å². The van der Waals surface area contributed by atoms with Gasteiger partial charge in [-0.1, -0.05) is 96.8 Å². The monoisotopic (exact) mass is 535 g/mol. The fourth-order valence-electron chi connectivity index (χ4n) is 7.56. The predicted octanol–water partition coefficient (Wildman–Crippen LogP) is 11.0. The first-order valence-electron chi connectivity index (χ1n) is 16.5. The van der Waals surface area contributed by atoms with Gasteiger partial charge < -0.3 is 14.7 Å². The molecule has 212 valence electrons. The fraction of sp³-hybridized carbons (Fsp3) is 0.514. The van der Waals surface area contributed by atoms with E-state index in [2.05, 4.69) is 90.1 Å². The summed E-state index contributed by atoms with van der Waals surface area (Å²) in [7, 11) is 0. The van der Waals surface area contributed by atoms with Crippen LogP contribution in [0.1, 0.15) is 120 Å². The van der Waals surface area contributed by atoms with Crippen molar-refractivity contribution in [2.75, 3.05) is 34.3 Å². The van der Waals surface area contributed by atoms with Gasteiger partial charge >= 0.3 is 0 Å². The predicted molar refractivity (Wildman–Crippen MR) is 174 cm³/mol. The molecule has 0 aromatic heterocycles. The Morgan fingerprint density at radius 2 is 0.675 bits per heavy atom. The third-order valence-corrected chi connectivity index (χ3v) is 9.50. The first-order chi connectivity index (χ1) is 19.8. The second-order valence-electron chi connectivity index (χ2n) is 12.2. The van der Waals surface area contributed by atoms with Crippen LogP contribution in [-0.2, 0) is 0 Å². The van der Waals surface area contributed by atoms with E-state index in [0.717, 1.165) is 19.6 Å². The Labute approximate surface area is 243 Å². The second kappa shape index (κ2) is 12.3. The molecule has 0 bridgehead atoms. The van der Waals surface area contributed by atoms with Crippen LogP contribution in [0.15, 0.2) is 54.6 Å². The van der Waals surface area contributed by atoms with E-state index >= 15 is 0 Å². The van der Waals surface area contributed by atoms with Gasteiger partial charge in [0.25, 0.3) is 0 Å². The lowest BCUT2D eigenvalue weighted by molar-refractivity contribution is 0.652. The highest BCUT2D eigenvalue weighted by Crippen LogP contribution is 2.63. The minimum atomic E-state index is 0.328. The van der Waals surface area contributed by atoms with E-state index in [1.165, 1.54) is 111 Å². The van der Waals surface area contributed by atoms with Gasteiger partial charge in [-0.2, -0.15) is 0 Å². The summed E-state index contributed by atoms with van der Waals surface area (Å²) in [5.74, 6) is 0.328. The Bertz CT molecular complexity index is 1080. The number of benzene rings is 3. The van der Waals surface area contributed by atoms with Crippen molar-refractivity contribution in [1.29, 1.82) is 0 Å². The van der Waals surface area contributed by atoms with Gasteiger partial charge in [0.05, 0.1) is 0 Å². The largest absolute Gasteiger partial charge is 0.341 e. The molecule has 3 aliphatic rings. The van der Waals surface area contributed by atoms with Gasteiger partial charge in [0.2, 0.25) is 0 Å². The highest BCUT2D eigenvalue weighted by Gasteiger charge is 2.45. The summed E-state index contributed by atoms with van der Waals surface area (Å²) in [5.41, 5.74) is 13.3. The number of nitrogens with zero attached hydrogens (tertiary/aromatic N) is 3. The summed E-state index contributed by atoms with van der Waals surface area (Å²) in [6, 6.07) is 21.4. The molecular weight excluding hydrogens is 486 g/mol. The molecule has 0 atom stereocenters. The molecule has 3 nitrogen and oxygen atoms in total. The van der Waals surface area contributed by atoms with Crippen LogP contribution < -0.4 is 14.7 Å². The molecule has 0 saturated heterocycles. The van der Waals surface area contributed by atoms with E-state index in [-0.39, 0.29) is 0 Å². The average molecular weight is 536 g/mol. The van der Waals surface area contributed by atoms with E-state index in [0.29, 0.717) is 5.92 Å². The number of anilines is 6. The van der Waals surface area contributed by atoms with Crippen molar-refractivity contribution in [2.24, 2.45) is 0 Å². The average Bonchev–Trinajstić information content (AvgIpc) is 2.99. The van der Waals surface area contributed by atoms with Crippen molar-refractivity contribution < 1.29 is 0 Å². The molecule has 0 radical (unpaired) electrons. The quantitative estimate of drug-likeness (QED) is 0.179. The Hall–Kier alpha value is -2.94. The van der Waals surface area contributed by atoms with Crippen molar-refractivity contribution in [3.63, 3.8) is 0 Å². The van der Waals surface area contributed by atoms with Crippen LogP contribution in [0.2, 0.25) is 0 Å². The maximum atomic E-state index is 2.69. The molecule has 3 aromatic carbocycles. The molecule has 0 amide bonds. The van der Waals surface area contributed by atoms with Crippen LogP contribution in [0, 0.1) is 0 Å². The van der Waals surface area contributed by atoms with Crippen LogP contribution in [0.4, 0.5) is 34.1 Å². The Morgan fingerprint density at radius 1 is 0.400 bits per heavy atom. The zero-order valence-corrected chi connectivity index (χ0v) is 25.2. The van der Waals surface area contributed by atoms with Gasteiger partial charge in [0.15, 0.2) is 0 Å². The summed E-state index contributed by atoms with van der Waals surface area (Å²) in [6.07, 6.45) is 15.5.